The molecule has 0 N–H and O–H groups in total. The molecule has 10 nitrogen and oxygen atoms in total. The largest absolute Gasteiger partial charge is 0.486 e. The molecule has 1 aromatic carbocycles. The number of likely N-dealkylation sites (tertiary alicyclic amines) is 2. The Kier molecular flexibility index (Phi) is 9.85. The number of piperidine rings is 1. The molecular weight excluding hydrogens is 635 g/mol. The van der Waals surface area contributed by atoms with Crippen LogP contribution in [0.2, 0.25) is 6.32 Å². The van der Waals surface area contributed by atoms with Gasteiger partial charge in [0.05, 0.1) is 24.8 Å². The van der Waals surface area contributed by atoms with E-state index in [0.717, 1.165) is 36.8 Å². The van der Waals surface area contributed by atoms with E-state index in [4.69, 9.17) is 23.5 Å². The van der Waals surface area contributed by atoms with Gasteiger partial charge in [-0.3, -0.25) is 4.79 Å². The zero-order valence-corrected chi connectivity index (χ0v) is 32.1. The lowest BCUT2D eigenvalue weighted by molar-refractivity contribution is -0.199. The molecule has 3 saturated carbocycles. The van der Waals surface area contributed by atoms with Crippen LogP contribution in [-0.4, -0.2) is 89.6 Å². The van der Waals surface area contributed by atoms with Gasteiger partial charge >= 0.3 is 19.2 Å². The topological polar surface area (TPSA) is 104 Å². The number of carbonyl (C=O) groups excluding carboxylic acids is 3. The Hall–Kier alpha value is -2.79. The molecular formula is C39H59BN2O8. The first-order valence-corrected chi connectivity index (χ1v) is 18.9. The van der Waals surface area contributed by atoms with Gasteiger partial charge in [-0.1, -0.05) is 19.9 Å². The van der Waals surface area contributed by atoms with Crippen molar-refractivity contribution in [1.82, 2.24) is 9.80 Å². The summed E-state index contributed by atoms with van der Waals surface area (Å²) >= 11 is 0. The van der Waals surface area contributed by atoms with Crippen molar-refractivity contribution in [1.29, 1.82) is 0 Å². The number of nitrogens with zero attached hydrogens (tertiary/aromatic N) is 2. The number of carbonyl (C=O) groups is 3. The minimum atomic E-state index is -0.672. The summed E-state index contributed by atoms with van der Waals surface area (Å²) in [4.78, 5) is 43.3. The Morgan fingerprint density at radius 2 is 1.68 bits per heavy atom. The highest BCUT2D eigenvalue weighted by Gasteiger charge is 2.67. The lowest BCUT2D eigenvalue weighted by Gasteiger charge is -2.64. The number of ether oxygens (including phenoxy) is 3. The highest BCUT2D eigenvalue weighted by Crippen LogP contribution is 2.65. The van der Waals surface area contributed by atoms with E-state index in [1.165, 1.54) is 6.42 Å². The first-order chi connectivity index (χ1) is 23.2. The summed E-state index contributed by atoms with van der Waals surface area (Å²) in [6, 6.07) is 3.71. The van der Waals surface area contributed by atoms with E-state index in [2.05, 4.69) is 20.8 Å². The van der Waals surface area contributed by atoms with E-state index >= 15 is 0 Å². The van der Waals surface area contributed by atoms with E-state index in [-0.39, 0.29) is 49.4 Å². The normalized spacial score (nSPS) is 29.1. The van der Waals surface area contributed by atoms with Gasteiger partial charge in [0.2, 0.25) is 5.91 Å². The number of hydrogen-bond acceptors (Lipinski definition) is 8. The second-order valence-corrected chi connectivity index (χ2v) is 18.2. The van der Waals surface area contributed by atoms with Gasteiger partial charge in [-0.2, -0.15) is 0 Å². The Balaban J connectivity index is 1.08. The lowest BCUT2D eigenvalue weighted by Crippen LogP contribution is -2.65. The van der Waals surface area contributed by atoms with Crippen molar-refractivity contribution in [2.45, 2.75) is 156 Å². The molecule has 3 aliphatic heterocycles. The average molecular weight is 695 g/mol. The zero-order chi connectivity index (χ0) is 36.4. The molecule has 3 saturated heterocycles. The van der Waals surface area contributed by atoms with Crippen molar-refractivity contribution in [2.24, 2.45) is 17.3 Å². The Morgan fingerprint density at radius 1 is 0.980 bits per heavy atom. The summed E-state index contributed by atoms with van der Waals surface area (Å²) in [6.45, 7) is 21.5. The molecule has 1 unspecified atom stereocenters. The van der Waals surface area contributed by atoms with Crippen LogP contribution in [0, 0.1) is 24.2 Å². The van der Waals surface area contributed by atoms with Crippen LogP contribution in [0.3, 0.4) is 0 Å². The predicted octanol–water partition coefficient (Wildman–Crippen LogP) is 6.99. The lowest BCUT2D eigenvalue weighted by atomic mass is 9.43. The van der Waals surface area contributed by atoms with Crippen molar-refractivity contribution in [3.63, 3.8) is 0 Å². The summed E-state index contributed by atoms with van der Waals surface area (Å²) in [6.07, 6.45) is 6.12. The van der Waals surface area contributed by atoms with Crippen LogP contribution in [0.25, 0.3) is 0 Å². The highest BCUT2D eigenvalue weighted by molar-refractivity contribution is 6.45. The van der Waals surface area contributed by atoms with E-state index in [1.807, 2.05) is 60.6 Å². The number of aryl methyl sites for hydroxylation is 1. The smallest absolute Gasteiger partial charge is 0.457 e. The fourth-order valence-electron chi connectivity index (χ4n) is 9.03. The van der Waals surface area contributed by atoms with Crippen molar-refractivity contribution in [3.8, 4) is 5.75 Å². The van der Waals surface area contributed by atoms with E-state index in [1.54, 1.807) is 9.80 Å². The first-order valence-electron chi connectivity index (χ1n) is 18.9. The number of amides is 2. The molecule has 3 heterocycles. The maximum absolute atomic E-state index is 13.6. The van der Waals surface area contributed by atoms with E-state index < -0.39 is 17.2 Å². The summed E-state index contributed by atoms with van der Waals surface area (Å²) in [5.74, 6) is 1.25. The fraction of sp³-hybridized carbons (Fsp3) is 0.769. The standard InChI is InChI=1S/C39H59BN2O8/c1-24-25(16-17-40-49-31-20-26-19-30(38(26,8)9)39(31,10)50-40)14-15-29(33(24)34(44)47-36(2,3)4)46-28-22-41(23-28)32(43)21-27-13-11-12-18-42(27)35(45)48-37(5,6)7/h14-15,26-28,30-31H,11-13,16-23H2,1-10H3/t26-,27?,30-,31+,39-/m0/s1. The van der Waals surface area contributed by atoms with Crippen molar-refractivity contribution < 1.29 is 37.9 Å². The van der Waals surface area contributed by atoms with Crippen LogP contribution in [-0.2, 0) is 30.0 Å². The third-order valence-electron chi connectivity index (χ3n) is 12.0. The Bertz CT molecular complexity index is 1480. The molecule has 2 bridgehead atoms. The quantitative estimate of drug-likeness (QED) is 0.212. The molecule has 6 fully saturated rings. The first kappa shape index (κ1) is 37.0. The third kappa shape index (κ3) is 7.41. The van der Waals surface area contributed by atoms with Gasteiger partial charge in [0.15, 0.2) is 0 Å². The minimum absolute atomic E-state index is 0.00461. The summed E-state index contributed by atoms with van der Waals surface area (Å²) in [5, 5.41) is 0. The molecule has 276 valence electrons. The number of rotatable bonds is 8. The van der Waals surface area contributed by atoms with Crippen LogP contribution >= 0.6 is 0 Å². The monoisotopic (exact) mass is 694 g/mol. The predicted molar refractivity (Wildman–Crippen MR) is 191 cm³/mol. The van der Waals surface area contributed by atoms with Crippen molar-refractivity contribution in [3.05, 3.63) is 28.8 Å². The number of esters is 1. The van der Waals surface area contributed by atoms with E-state index in [9.17, 15) is 14.4 Å². The molecule has 3 aliphatic carbocycles. The molecule has 7 rings (SSSR count). The Labute approximate surface area is 299 Å². The molecule has 0 radical (unpaired) electrons. The van der Waals surface area contributed by atoms with Gasteiger partial charge in [-0.25, -0.2) is 9.59 Å². The van der Waals surface area contributed by atoms with Crippen LogP contribution in [0.1, 0.15) is 122 Å². The summed E-state index contributed by atoms with van der Waals surface area (Å²) in [5.41, 5.74) is 1.07. The molecule has 6 aliphatic rings. The van der Waals surface area contributed by atoms with Crippen LogP contribution in [0.5, 0.6) is 5.75 Å². The van der Waals surface area contributed by atoms with Gasteiger partial charge in [-0.15, -0.1) is 0 Å². The second-order valence-electron chi connectivity index (χ2n) is 18.2. The maximum atomic E-state index is 13.6. The SMILES string of the molecule is Cc1c(CCB2O[C@@H]3C[C@@H]4C[C@@H](C4(C)C)[C@]3(C)O2)ccc(OC2CN(C(=O)CC3CCCCN3C(=O)OC(C)(C)C)C2)c1C(=O)OC(C)(C)C. The van der Waals surface area contributed by atoms with Crippen LogP contribution in [0.15, 0.2) is 12.1 Å². The van der Waals surface area contributed by atoms with Gasteiger partial charge in [0, 0.05) is 19.0 Å². The van der Waals surface area contributed by atoms with Crippen molar-refractivity contribution >= 4 is 25.1 Å². The Morgan fingerprint density at radius 3 is 2.34 bits per heavy atom. The summed E-state index contributed by atoms with van der Waals surface area (Å²) < 4.78 is 31.0. The van der Waals surface area contributed by atoms with Gasteiger partial charge in [-0.05, 0) is 135 Å². The molecule has 11 heteroatoms. The summed E-state index contributed by atoms with van der Waals surface area (Å²) in [7, 11) is -0.274. The van der Waals surface area contributed by atoms with Crippen LogP contribution in [0.4, 0.5) is 4.79 Å². The molecule has 1 aromatic rings. The van der Waals surface area contributed by atoms with Gasteiger partial charge in [0.1, 0.15) is 28.6 Å². The maximum Gasteiger partial charge on any atom is 0.457 e. The number of benzene rings is 1. The van der Waals surface area contributed by atoms with Crippen molar-refractivity contribution in [2.75, 3.05) is 19.6 Å². The second kappa shape index (κ2) is 13.3. The van der Waals surface area contributed by atoms with Gasteiger partial charge in [0.25, 0.3) is 0 Å². The number of hydrogen-bond donors (Lipinski definition) is 0. The fourth-order valence-corrected chi connectivity index (χ4v) is 9.03. The highest BCUT2D eigenvalue weighted by atomic mass is 16.7. The molecule has 0 spiro atoms. The average Bonchev–Trinajstić information content (AvgIpc) is 3.32. The molecule has 2 amide bonds. The molecule has 0 aromatic heterocycles. The van der Waals surface area contributed by atoms with Gasteiger partial charge < -0.3 is 33.3 Å². The third-order valence-corrected chi connectivity index (χ3v) is 12.0. The molecule has 5 atom stereocenters. The molecule has 50 heavy (non-hydrogen) atoms. The zero-order valence-electron chi connectivity index (χ0n) is 32.1. The minimum Gasteiger partial charge on any atom is -0.486 e. The van der Waals surface area contributed by atoms with E-state index in [0.29, 0.717) is 60.9 Å². The van der Waals surface area contributed by atoms with Crippen LogP contribution < -0.4 is 4.74 Å².